The van der Waals surface area contributed by atoms with E-state index in [-0.39, 0.29) is 12.8 Å². The molecule has 0 aliphatic heterocycles. The molecule has 66 heavy (non-hydrogen) atoms. The molecule has 0 bridgehead atoms. The smallest absolute Gasteiger partial charge is 0.462 e. The maximum atomic E-state index is 12.9. The Balaban J connectivity index is 2.40. The Hall–Kier alpha value is -1.93. The van der Waals surface area contributed by atoms with E-state index in [1.165, 1.54) is 116 Å². The summed E-state index contributed by atoms with van der Waals surface area (Å²) in [7, 11) is -5.13. The van der Waals surface area contributed by atoms with Crippen LogP contribution >= 0.6 is 7.82 Å². The van der Waals surface area contributed by atoms with Crippen molar-refractivity contribution in [2.75, 3.05) is 13.2 Å². The van der Waals surface area contributed by atoms with Crippen molar-refractivity contribution in [3.8, 4) is 0 Å². The van der Waals surface area contributed by atoms with E-state index in [4.69, 9.17) is 18.5 Å². The number of carbonyl (C=O) groups is 2. The quantitative estimate of drug-likeness (QED) is 0.0145. The number of ether oxygens (including phenoxy) is 2. The van der Waals surface area contributed by atoms with Crippen LogP contribution in [0.3, 0.4) is 0 Å². The number of rotatable bonds is 44. The van der Waals surface area contributed by atoms with Gasteiger partial charge in [0.05, 0.1) is 6.61 Å². The number of unbranched alkanes of at least 4 members (excludes halogenated alkanes) is 26. The molecular formula is C52H95O13P. The number of hydrogen-bond acceptors (Lipinski definition) is 12. The van der Waals surface area contributed by atoms with Gasteiger partial charge in [-0.25, -0.2) is 4.57 Å². The summed E-state index contributed by atoms with van der Waals surface area (Å²) < 4.78 is 33.7. The molecule has 0 aromatic heterocycles. The van der Waals surface area contributed by atoms with E-state index < -0.39 is 75.7 Å². The summed E-state index contributed by atoms with van der Waals surface area (Å²) in [6.45, 7) is 3.30. The Labute approximate surface area is 399 Å². The van der Waals surface area contributed by atoms with Crippen molar-refractivity contribution in [1.29, 1.82) is 0 Å². The van der Waals surface area contributed by atoms with Gasteiger partial charge in [-0.1, -0.05) is 198 Å². The zero-order chi connectivity index (χ0) is 48.5. The fourth-order valence-electron chi connectivity index (χ4n) is 8.00. The molecule has 6 N–H and O–H groups in total. The molecule has 0 spiro atoms. The molecule has 1 fully saturated rings. The number of esters is 2. The molecule has 1 aliphatic carbocycles. The Morgan fingerprint density at radius 3 is 1.27 bits per heavy atom. The molecule has 0 heterocycles. The van der Waals surface area contributed by atoms with Gasteiger partial charge >= 0.3 is 19.8 Å². The highest BCUT2D eigenvalue weighted by molar-refractivity contribution is 7.47. The van der Waals surface area contributed by atoms with Crippen LogP contribution in [0.5, 0.6) is 0 Å². The van der Waals surface area contributed by atoms with E-state index in [9.17, 15) is 44.6 Å². The normalized spacial score (nSPS) is 21.5. The Bertz CT molecular complexity index is 1290. The van der Waals surface area contributed by atoms with Crippen LogP contribution in [0.1, 0.15) is 226 Å². The second-order valence-electron chi connectivity index (χ2n) is 18.4. The zero-order valence-electron chi connectivity index (χ0n) is 41.2. The maximum absolute atomic E-state index is 12.9. The fourth-order valence-corrected chi connectivity index (χ4v) is 8.97. The number of phosphoric ester groups is 1. The first-order valence-corrected chi connectivity index (χ1v) is 27.8. The van der Waals surface area contributed by atoms with Crippen molar-refractivity contribution < 1.29 is 63.1 Å². The van der Waals surface area contributed by atoms with Gasteiger partial charge in [-0.15, -0.1) is 0 Å². The molecule has 13 nitrogen and oxygen atoms in total. The predicted molar refractivity (Wildman–Crippen MR) is 263 cm³/mol. The van der Waals surface area contributed by atoms with Crippen LogP contribution in [0.25, 0.3) is 0 Å². The monoisotopic (exact) mass is 959 g/mol. The molecule has 6 unspecified atom stereocenters. The topological polar surface area (TPSA) is 210 Å². The summed E-state index contributed by atoms with van der Waals surface area (Å²) in [6.07, 6.45) is 36.1. The third kappa shape index (κ3) is 33.5. The highest BCUT2D eigenvalue weighted by Crippen LogP contribution is 2.47. The average Bonchev–Trinajstić information content (AvgIpc) is 3.30. The molecule has 14 heteroatoms. The largest absolute Gasteiger partial charge is 0.472 e. The summed E-state index contributed by atoms with van der Waals surface area (Å²) in [4.78, 5) is 35.9. The number of carbonyl (C=O) groups excluding carboxylic acids is 2. The van der Waals surface area contributed by atoms with E-state index in [1.54, 1.807) is 0 Å². The van der Waals surface area contributed by atoms with Gasteiger partial charge in [-0.3, -0.25) is 18.6 Å². The maximum Gasteiger partial charge on any atom is 0.472 e. The number of hydrogen-bond donors (Lipinski definition) is 6. The molecule has 0 radical (unpaired) electrons. The second-order valence-corrected chi connectivity index (χ2v) is 19.8. The van der Waals surface area contributed by atoms with Gasteiger partial charge in [0, 0.05) is 12.8 Å². The first-order chi connectivity index (χ1) is 31.9. The fraction of sp³-hybridized carbons (Fsp3) is 0.846. The molecular weight excluding hydrogens is 864 g/mol. The van der Waals surface area contributed by atoms with E-state index in [2.05, 4.69) is 50.3 Å². The van der Waals surface area contributed by atoms with Crippen LogP contribution in [0, 0.1) is 0 Å². The van der Waals surface area contributed by atoms with Crippen LogP contribution in [0.4, 0.5) is 0 Å². The van der Waals surface area contributed by atoms with Crippen molar-refractivity contribution in [2.24, 2.45) is 0 Å². The molecule has 6 atom stereocenters. The molecule has 0 amide bonds. The SMILES string of the molecule is CCCCC/C=C\C/C=C\C/C=C\CCCCCCCCC(=O)OC(COC(=O)CCCCCCCCCCCCCCCCCCCC)COP(=O)(O)OC1C(O)C(O)C(O)C(O)C1O. The van der Waals surface area contributed by atoms with Gasteiger partial charge in [-0.05, 0) is 51.4 Å². The molecule has 386 valence electrons. The van der Waals surface area contributed by atoms with Gasteiger partial charge in [0.15, 0.2) is 6.10 Å². The van der Waals surface area contributed by atoms with Gasteiger partial charge in [-0.2, -0.15) is 0 Å². The molecule has 1 rings (SSSR count). The highest BCUT2D eigenvalue weighted by Gasteiger charge is 2.51. The van der Waals surface area contributed by atoms with Gasteiger partial charge in [0.25, 0.3) is 0 Å². The Kier molecular flexibility index (Phi) is 39.5. The zero-order valence-corrected chi connectivity index (χ0v) is 42.1. The molecule has 0 aromatic carbocycles. The van der Waals surface area contributed by atoms with Crippen molar-refractivity contribution in [2.45, 2.75) is 268 Å². The first kappa shape index (κ1) is 62.1. The van der Waals surface area contributed by atoms with Crippen LogP contribution in [-0.2, 0) is 32.7 Å². The third-order valence-electron chi connectivity index (χ3n) is 12.2. The van der Waals surface area contributed by atoms with E-state index in [0.717, 1.165) is 70.6 Å². The molecule has 1 aliphatic rings. The van der Waals surface area contributed by atoms with Gasteiger partial charge < -0.3 is 39.9 Å². The van der Waals surface area contributed by atoms with Crippen LogP contribution in [-0.4, -0.2) is 98.3 Å². The minimum Gasteiger partial charge on any atom is -0.462 e. The number of aliphatic hydroxyl groups is 5. The van der Waals surface area contributed by atoms with Crippen molar-refractivity contribution in [1.82, 2.24) is 0 Å². The van der Waals surface area contributed by atoms with Crippen molar-refractivity contribution in [3.63, 3.8) is 0 Å². The molecule has 1 saturated carbocycles. The molecule has 0 saturated heterocycles. The summed E-state index contributed by atoms with van der Waals surface area (Å²) in [5.41, 5.74) is 0. The Morgan fingerprint density at radius 2 is 0.818 bits per heavy atom. The lowest BCUT2D eigenvalue weighted by molar-refractivity contribution is -0.220. The predicted octanol–water partition coefficient (Wildman–Crippen LogP) is 11.3. The number of phosphoric acid groups is 1. The lowest BCUT2D eigenvalue weighted by Gasteiger charge is -2.41. The van der Waals surface area contributed by atoms with Gasteiger partial charge in [0.1, 0.15) is 43.2 Å². The van der Waals surface area contributed by atoms with Crippen LogP contribution in [0.2, 0.25) is 0 Å². The minimum absolute atomic E-state index is 0.0838. The molecule has 0 aromatic rings. The third-order valence-corrected chi connectivity index (χ3v) is 13.2. The van der Waals surface area contributed by atoms with Crippen molar-refractivity contribution in [3.05, 3.63) is 36.5 Å². The average molecular weight is 959 g/mol. The van der Waals surface area contributed by atoms with Gasteiger partial charge in [0.2, 0.25) is 0 Å². The summed E-state index contributed by atoms with van der Waals surface area (Å²) in [5, 5.41) is 50.3. The van der Waals surface area contributed by atoms with Crippen molar-refractivity contribution >= 4 is 19.8 Å². The van der Waals surface area contributed by atoms with Crippen LogP contribution in [0.15, 0.2) is 36.5 Å². The first-order valence-electron chi connectivity index (χ1n) is 26.3. The lowest BCUT2D eigenvalue weighted by Crippen LogP contribution is -2.64. The standard InChI is InChI=1S/C52H95O13P/c1-3-5-7-9-11-13-15-17-19-21-23-25-27-29-31-33-35-37-39-41-46(54)64-44(43-63-66(60,61)65-52-50(58)48(56)47(55)49(57)51(52)59)42-62-45(53)40-38-36-34-32-30-28-26-24-22-20-18-16-14-12-10-8-6-4-2/h11,13,17,19,23,25,44,47-52,55-59H,3-10,12,14-16,18,20-22,24,26-43H2,1-2H3,(H,60,61)/b13-11-,19-17-,25-23-. The van der Waals surface area contributed by atoms with E-state index in [0.29, 0.717) is 12.8 Å². The minimum atomic E-state index is -5.13. The van der Waals surface area contributed by atoms with E-state index in [1.807, 2.05) is 0 Å². The Morgan fingerprint density at radius 1 is 0.470 bits per heavy atom. The number of allylic oxidation sites excluding steroid dienone is 6. The lowest BCUT2D eigenvalue weighted by atomic mass is 9.85. The van der Waals surface area contributed by atoms with E-state index >= 15 is 0 Å². The van der Waals surface area contributed by atoms with Crippen LogP contribution < -0.4 is 0 Å². The summed E-state index contributed by atoms with van der Waals surface area (Å²) >= 11 is 0. The highest BCUT2D eigenvalue weighted by atomic mass is 31.2. The number of aliphatic hydroxyl groups excluding tert-OH is 5. The summed E-state index contributed by atoms with van der Waals surface area (Å²) in [6, 6.07) is 0. The summed E-state index contributed by atoms with van der Waals surface area (Å²) in [5.74, 6) is -1.10. The second kappa shape index (κ2) is 42.0.